The highest BCUT2D eigenvalue weighted by molar-refractivity contribution is 6.34. The first kappa shape index (κ1) is 26.2. The molecule has 1 N–H and O–H groups in total. The second kappa shape index (κ2) is 12.3. The standard InChI is InChI=1S/C22H25Cl2N3O6/c1-6-32-19-8-13(23)15(10-20(19)33-7-2)25-22(29)21(12(3)28)27-26-16-11-17(30-4)14(24)9-18(16)31-5/h8-11,21H,6-7H2,1-5H3,(H,25,29). The van der Waals surface area contributed by atoms with Crippen molar-refractivity contribution in [2.45, 2.75) is 26.8 Å². The van der Waals surface area contributed by atoms with Gasteiger partial charge in [-0.15, -0.1) is 0 Å². The Bertz CT molecular complexity index is 1050. The van der Waals surface area contributed by atoms with Crippen LogP contribution in [0.3, 0.4) is 0 Å². The predicted octanol–water partition coefficient (Wildman–Crippen LogP) is 5.49. The number of rotatable bonds is 11. The van der Waals surface area contributed by atoms with E-state index in [2.05, 4.69) is 15.5 Å². The van der Waals surface area contributed by atoms with Crippen LogP contribution in [0.4, 0.5) is 11.4 Å². The number of ketones is 1. The highest BCUT2D eigenvalue weighted by atomic mass is 35.5. The zero-order chi connectivity index (χ0) is 24.5. The van der Waals surface area contributed by atoms with Crippen molar-refractivity contribution in [3.05, 3.63) is 34.3 Å². The first-order valence-electron chi connectivity index (χ1n) is 9.98. The Balaban J connectivity index is 2.34. The fourth-order valence-corrected chi connectivity index (χ4v) is 3.16. The molecule has 0 fully saturated rings. The van der Waals surface area contributed by atoms with E-state index in [-0.39, 0.29) is 16.4 Å². The van der Waals surface area contributed by atoms with Gasteiger partial charge in [0.05, 0.1) is 43.2 Å². The molecule has 0 bridgehead atoms. The molecule has 0 radical (unpaired) electrons. The minimum atomic E-state index is -1.44. The largest absolute Gasteiger partial charge is 0.495 e. The lowest BCUT2D eigenvalue weighted by atomic mass is 10.2. The number of hydrogen-bond acceptors (Lipinski definition) is 8. The van der Waals surface area contributed by atoms with Gasteiger partial charge in [0.1, 0.15) is 17.2 Å². The van der Waals surface area contributed by atoms with Crippen molar-refractivity contribution < 1.29 is 28.5 Å². The van der Waals surface area contributed by atoms with E-state index in [1.807, 2.05) is 13.8 Å². The lowest BCUT2D eigenvalue weighted by Gasteiger charge is -2.15. The highest BCUT2D eigenvalue weighted by Gasteiger charge is 2.25. The highest BCUT2D eigenvalue weighted by Crippen LogP contribution is 2.38. The number of carbonyl (C=O) groups excluding carboxylic acids is 2. The van der Waals surface area contributed by atoms with E-state index in [0.29, 0.717) is 41.2 Å². The number of hydrogen-bond donors (Lipinski definition) is 1. The molecule has 0 spiro atoms. The zero-order valence-corrected chi connectivity index (χ0v) is 20.4. The van der Waals surface area contributed by atoms with Crippen molar-refractivity contribution in [2.24, 2.45) is 10.2 Å². The van der Waals surface area contributed by atoms with Crippen LogP contribution in [0.15, 0.2) is 34.5 Å². The summed E-state index contributed by atoms with van der Waals surface area (Å²) in [4.78, 5) is 25.0. The van der Waals surface area contributed by atoms with Crippen LogP contribution in [-0.2, 0) is 9.59 Å². The number of Topliss-reactive ketones (excluding diaryl/α,β-unsaturated/α-hetero) is 1. The maximum atomic E-state index is 12.8. The summed E-state index contributed by atoms with van der Waals surface area (Å²) in [7, 11) is 2.87. The molecule has 0 aliphatic rings. The van der Waals surface area contributed by atoms with E-state index in [0.717, 1.165) is 0 Å². The number of anilines is 1. The summed E-state index contributed by atoms with van der Waals surface area (Å²) in [5.41, 5.74) is 0.469. The molecular weight excluding hydrogens is 473 g/mol. The molecule has 2 aromatic carbocycles. The minimum absolute atomic E-state index is 0.207. The van der Waals surface area contributed by atoms with Crippen molar-refractivity contribution >= 4 is 46.3 Å². The van der Waals surface area contributed by atoms with Crippen molar-refractivity contribution in [2.75, 3.05) is 32.8 Å². The van der Waals surface area contributed by atoms with Gasteiger partial charge < -0.3 is 24.3 Å². The fraction of sp³-hybridized carbons (Fsp3) is 0.364. The first-order chi connectivity index (χ1) is 15.7. The van der Waals surface area contributed by atoms with E-state index in [9.17, 15) is 9.59 Å². The molecule has 11 heteroatoms. The Kier molecular flexibility index (Phi) is 9.74. The van der Waals surface area contributed by atoms with E-state index in [4.69, 9.17) is 42.1 Å². The van der Waals surface area contributed by atoms with Crippen molar-refractivity contribution in [1.82, 2.24) is 0 Å². The van der Waals surface area contributed by atoms with Gasteiger partial charge in [0.15, 0.2) is 17.3 Å². The molecule has 9 nitrogen and oxygen atoms in total. The van der Waals surface area contributed by atoms with Crippen molar-refractivity contribution in [3.63, 3.8) is 0 Å². The molecule has 1 atom stereocenters. The van der Waals surface area contributed by atoms with E-state index >= 15 is 0 Å². The fourth-order valence-electron chi connectivity index (χ4n) is 2.73. The molecule has 1 amide bonds. The van der Waals surface area contributed by atoms with Gasteiger partial charge in [-0.1, -0.05) is 23.2 Å². The van der Waals surface area contributed by atoms with Crippen LogP contribution in [0.5, 0.6) is 23.0 Å². The summed E-state index contributed by atoms with van der Waals surface area (Å²) in [5.74, 6) is 0.220. The zero-order valence-electron chi connectivity index (χ0n) is 18.9. The number of halogens is 2. The van der Waals surface area contributed by atoms with Crippen molar-refractivity contribution in [1.29, 1.82) is 0 Å². The Morgan fingerprint density at radius 1 is 0.909 bits per heavy atom. The molecular formula is C22H25Cl2N3O6. The number of amides is 1. The Morgan fingerprint density at radius 2 is 1.48 bits per heavy atom. The first-order valence-corrected chi connectivity index (χ1v) is 10.7. The van der Waals surface area contributed by atoms with Gasteiger partial charge >= 0.3 is 0 Å². The Hall–Kier alpha value is -3.04. The van der Waals surface area contributed by atoms with E-state index in [1.54, 1.807) is 0 Å². The third-order valence-electron chi connectivity index (χ3n) is 4.26. The van der Waals surface area contributed by atoms with Crippen LogP contribution >= 0.6 is 23.2 Å². The number of nitrogens with one attached hydrogen (secondary N) is 1. The average Bonchev–Trinajstić information content (AvgIpc) is 2.77. The number of ether oxygens (including phenoxy) is 4. The van der Waals surface area contributed by atoms with Gasteiger partial charge in [-0.2, -0.15) is 10.2 Å². The summed E-state index contributed by atoms with van der Waals surface area (Å²) in [5, 5.41) is 11.1. The number of carbonyl (C=O) groups is 2. The van der Waals surface area contributed by atoms with Gasteiger partial charge in [-0.05, 0) is 20.8 Å². The monoisotopic (exact) mass is 497 g/mol. The van der Waals surface area contributed by atoms with Crippen LogP contribution in [0.2, 0.25) is 10.0 Å². The Morgan fingerprint density at radius 3 is 2.03 bits per heavy atom. The molecule has 0 aliphatic carbocycles. The second-order valence-corrected chi connectivity index (χ2v) is 7.34. The van der Waals surface area contributed by atoms with Crippen LogP contribution in [0.25, 0.3) is 0 Å². The van der Waals surface area contributed by atoms with Gasteiger partial charge in [-0.3, -0.25) is 9.59 Å². The summed E-state index contributed by atoms with van der Waals surface area (Å²) >= 11 is 12.4. The molecule has 0 aliphatic heterocycles. The minimum Gasteiger partial charge on any atom is -0.495 e. The Labute approximate surface area is 202 Å². The van der Waals surface area contributed by atoms with Gasteiger partial charge in [0.25, 0.3) is 5.91 Å². The summed E-state index contributed by atoms with van der Waals surface area (Å²) < 4.78 is 21.5. The molecule has 2 rings (SSSR count). The number of azo groups is 1. The van der Waals surface area contributed by atoms with Crippen LogP contribution in [-0.4, -0.2) is 45.2 Å². The summed E-state index contributed by atoms with van der Waals surface area (Å²) in [6.45, 7) is 5.66. The van der Waals surface area contributed by atoms with Crippen LogP contribution < -0.4 is 24.3 Å². The third-order valence-corrected chi connectivity index (χ3v) is 4.87. The maximum absolute atomic E-state index is 12.8. The average molecular weight is 498 g/mol. The lowest BCUT2D eigenvalue weighted by molar-refractivity contribution is -0.126. The second-order valence-electron chi connectivity index (χ2n) is 6.52. The molecule has 33 heavy (non-hydrogen) atoms. The third kappa shape index (κ3) is 6.72. The lowest BCUT2D eigenvalue weighted by Crippen LogP contribution is -2.32. The maximum Gasteiger partial charge on any atom is 0.258 e. The number of nitrogens with zero attached hydrogens (tertiary/aromatic N) is 2. The van der Waals surface area contributed by atoms with Gasteiger partial charge in [-0.25, -0.2) is 0 Å². The molecule has 0 saturated carbocycles. The predicted molar refractivity (Wildman–Crippen MR) is 126 cm³/mol. The van der Waals surface area contributed by atoms with Crippen molar-refractivity contribution in [3.8, 4) is 23.0 Å². The van der Waals surface area contributed by atoms with Crippen LogP contribution in [0.1, 0.15) is 20.8 Å². The molecule has 178 valence electrons. The number of methoxy groups -OCH3 is 2. The topological polar surface area (TPSA) is 108 Å². The number of benzene rings is 2. The molecule has 0 saturated heterocycles. The van der Waals surface area contributed by atoms with E-state index in [1.165, 1.54) is 45.4 Å². The molecule has 0 heterocycles. The quantitative estimate of drug-likeness (QED) is 0.324. The molecule has 2 aromatic rings. The summed E-state index contributed by atoms with van der Waals surface area (Å²) in [6.07, 6.45) is 0. The summed E-state index contributed by atoms with van der Waals surface area (Å²) in [6, 6.07) is 4.59. The SMILES string of the molecule is CCOc1cc(Cl)c(NC(=O)C(N=Nc2cc(OC)c(Cl)cc2OC)C(C)=O)cc1OCC. The van der Waals surface area contributed by atoms with Gasteiger partial charge in [0, 0.05) is 24.3 Å². The molecule has 0 aromatic heterocycles. The van der Waals surface area contributed by atoms with E-state index < -0.39 is 17.7 Å². The van der Waals surface area contributed by atoms with Crippen LogP contribution in [0, 0.1) is 0 Å². The smallest absolute Gasteiger partial charge is 0.258 e. The van der Waals surface area contributed by atoms with Gasteiger partial charge in [0.2, 0.25) is 6.04 Å². The molecule has 1 unspecified atom stereocenters. The normalized spacial score (nSPS) is 11.7.